The van der Waals surface area contributed by atoms with E-state index in [0.29, 0.717) is 10.9 Å². The van der Waals surface area contributed by atoms with E-state index in [1.54, 1.807) is 0 Å². The zero-order valence-corrected chi connectivity index (χ0v) is 11.3. The number of hydrogen-bond acceptors (Lipinski definition) is 2. The summed E-state index contributed by atoms with van der Waals surface area (Å²) >= 11 is 5.86. The molecule has 1 aromatic carbocycles. The number of amides is 1. The highest BCUT2D eigenvalue weighted by molar-refractivity contribution is 6.30. The largest absolute Gasteiger partial charge is 0.371 e. The van der Waals surface area contributed by atoms with Crippen molar-refractivity contribution in [3.05, 3.63) is 29.3 Å². The number of carbonyl (C=O) groups is 1. The van der Waals surface area contributed by atoms with E-state index in [-0.39, 0.29) is 5.91 Å². The molecule has 2 rings (SSSR count). The van der Waals surface area contributed by atoms with Gasteiger partial charge in [0.2, 0.25) is 5.91 Å². The zero-order valence-electron chi connectivity index (χ0n) is 10.6. The van der Waals surface area contributed by atoms with E-state index in [1.807, 2.05) is 24.3 Å². The van der Waals surface area contributed by atoms with E-state index < -0.39 is 5.54 Å². The van der Waals surface area contributed by atoms with E-state index in [0.717, 1.165) is 31.4 Å². The van der Waals surface area contributed by atoms with Crippen molar-refractivity contribution in [3.63, 3.8) is 0 Å². The molecule has 0 heterocycles. The minimum atomic E-state index is -0.595. The van der Waals surface area contributed by atoms with Crippen LogP contribution in [0.25, 0.3) is 0 Å². The summed E-state index contributed by atoms with van der Waals surface area (Å²) < 4.78 is 0. The number of benzene rings is 1. The number of anilines is 1. The summed E-state index contributed by atoms with van der Waals surface area (Å²) in [6.45, 7) is 2.07. The molecule has 1 saturated carbocycles. The zero-order chi connectivity index (χ0) is 13.2. The van der Waals surface area contributed by atoms with Gasteiger partial charge in [-0.25, -0.2) is 0 Å². The maximum Gasteiger partial charge on any atom is 0.243 e. The molecule has 0 aliphatic heterocycles. The summed E-state index contributed by atoms with van der Waals surface area (Å²) in [6.07, 6.45) is 3.85. The first-order valence-corrected chi connectivity index (χ1v) is 6.80. The predicted octanol–water partition coefficient (Wildman–Crippen LogP) is 3.19. The van der Waals surface area contributed by atoms with Gasteiger partial charge in [-0.3, -0.25) is 4.79 Å². The molecule has 0 aromatic heterocycles. The van der Waals surface area contributed by atoms with Gasteiger partial charge in [0.05, 0.1) is 0 Å². The fraction of sp³-hybridized carbons (Fsp3) is 0.500. The highest BCUT2D eigenvalue weighted by atomic mass is 35.5. The van der Waals surface area contributed by atoms with Gasteiger partial charge in [-0.15, -0.1) is 0 Å². The first kappa shape index (κ1) is 13.2. The van der Waals surface area contributed by atoms with Gasteiger partial charge >= 0.3 is 0 Å². The Morgan fingerprint density at radius 3 is 2.50 bits per heavy atom. The van der Waals surface area contributed by atoms with E-state index >= 15 is 0 Å². The van der Waals surface area contributed by atoms with Crippen molar-refractivity contribution < 1.29 is 4.79 Å². The van der Waals surface area contributed by atoms with Gasteiger partial charge in [0.15, 0.2) is 0 Å². The molecule has 18 heavy (non-hydrogen) atoms. The molecule has 1 aliphatic rings. The first-order valence-electron chi connectivity index (χ1n) is 6.42. The average molecular weight is 267 g/mol. The maximum atomic E-state index is 11.9. The van der Waals surface area contributed by atoms with Crippen LogP contribution < -0.4 is 11.1 Å². The lowest BCUT2D eigenvalue weighted by molar-refractivity contribution is -0.123. The van der Waals surface area contributed by atoms with Crippen molar-refractivity contribution in [1.82, 2.24) is 0 Å². The number of halogens is 1. The number of rotatable bonds is 6. The summed E-state index contributed by atoms with van der Waals surface area (Å²) in [5.41, 5.74) is 5.96. The second-order valence-corrected chi connectivity index (χ2v) is 5.43. The average Bonchev–Trinajstić information content (AvgIpc) is 3.15. The molecule has 1 aromatic rings. The molecule has 98 valence electrons. The molecule has 1 atom stereocenters. The van der Waals surface area contributed by atoms with Crippen LogP contribution in [0.2, 0.25) is 5.02 Å². The minimum absolute atomic E-state index is 0.248. The number of carbonyl (C=O) groups excluding carboxylic acids is 1. The van der Waals surface area contributed by atoms with Crippen molar-refractivity contribution in [1.29, 1.82) is 0 Å². The van der Waals surface area contributed by atoms with Crippen LogP contribution in [0, 0.1) is 5.92 Å². The molecule has 0 saturated heterocycles. The summed E-state index contributed by atoms with van der Waals surface area (Å²) in [6, 6.07) is 7.40. The second kappa shape index (κ2) is 5.19. The Balaban J connectivity index is 2.23. The molecule has 0 spiro atoms. The van der Waals surface area contributed by atoms with Crippen molar-refractivity contribution in [2.24, 2.45) is 11.7 Å². The third-order valence-electron chi connectivity index (χ3n) is 3.57. The van der Waals surface area contributed by atoms with Crippen LogP contribution in [0.4, 0.5) is 5.69 Å². The summed E-state index contributed by atoms with van der Waals surface area (Å²) in [5.74, 6) is 0.118. The number of nitrogens with two attached hydrogens (primary N) is 1. The molecule has 3 nitrogen and oxygen atoms in total. The van der Waals surface area contributed by atoms with E-state index in [9.17, 15) is 4.79 Å². The van der Waals surface area contributed by atoms with Crippen LogP contribution in [0.15, 0.2) is 24.3 Å². The fourth-order valence-corrected chi connectivity index (χ4v) is 2.64. The SMILES string of the molecule is CCCC(Nc1ccc(Cl)cc1)(C(N)=O)C1CC1. The van der Waals surface area contributed by atoms with Crippen LogP contribution in [0.3, 0.4) is 0 Å². The second-order valence-electron chi connectivity index (χ2n) is 4.99. The van der Waals surface area contributed by atoms with Gasteiger partial charge in [-0.05, 0) is 49.4 Å². The fourth-order valence-electron chi connectivity index (χ4n) is 2.52. The molecule has 4 heteroatoms. The molecule has 1 aliphatic carbocycles. The molecule has 0 radical (unpaired) electrons. The van der Waals surface area contributed by atoms with Crippen LogP contribution in [0.5, 0.6) is 0 Å². The number of hydrogen-bond donors (Lipinski definition) is 2. The highest BCUT2D eigenvalue weighted by Gasteiger charge is 2.49. The summed E-state index contributed by atoms with van der Waals surface area (Å²) in [4.78, 5) is 11.9. The van der Waals surface area contributed by atoms with Crippen molar-refractivity contribution in [3.8, 4) is 0 Å². The Bertz CT molecular complexity index is 428. The summed E-state index contributed by atoms with van der Waals surface area (Å²) in [7, 11) is 0. The topological polar surface area (TPSA) is 55.1 Å². The van der Waals surface area contributed by atoms with Gasteiger partial charge in [0, 0.05) is 10.7 Å². The number of nitrogens with one attached hydrogen (secondary N) is 1. The van der Waals surface area contributed by atoms with Crippen molar-refractivity contribution in [2.75, 3.05) is 5.32 Å². The maximum absolute atomic E-state index is 11.9. The Morgan fingerprint density at radius 2 is 2.06 bits per heavy atom. The lowest BCUT2D eigenvalue weighted by Gasteiger charge is -2.33. The highest BCUT2D eigenvalue weighted by Crippen LogP contribution is 2.44. The van der Waals surface area contributed by atoms with E-state index in [1.165, 1.54) is 0 Å². The van der Waals surface area contributed by atoms with Crippen LogP contribution >= 0.6 is 11.6 Å². The quantitative estimate of drug-likeness (QED) is 0.831. The Kier molecular flexibility index (Phi) is 3.81. The Hall–Kier alpha value is -1.22. The van der Waals surface area contributed by atoms with Gasteiger partial charge < -0.3 is 11.1 Å². The summed E-state index contributed by atoms with van der Waals surface area (Å²) in [5, 5.41) is 4.04. The molecule has 0 bridgehead atoms. The molecular formula is C14H19ClN2O. The third-order valence-corrected chi connectivity index (χ3v) is 3.82. The van der Waals surface area contributed by atoms with Crippen molar-refractivity contribution in [2.45, 2.75) is 38.1 Å². The van der Waals surface area contributed by atoms with E-state index in [4.69, 9.17) is 17.3 Å². The van der Waals surface area contributed by atoms with Gasteiger partial charge in [-0.2, -0.15) is 0 Å². The van der Waals surface area contributed by atoms with Crippen molar-refractivity contribution >= 4 is 23.2 Å². The van der Waals surface area contributed by atoms with E-state index in [2.05, 4.69) is 12.2 Å². The number of primary amides is 1. The predicted molar refractivity (Wildman–Crippen MR) is 74.6 cm³/mol. The minimum Gasteiger partial charge on any atom is -0.371 e. The Morgan fingerprint density at radius 1 is 1.44 bits per heavy atom. The standard InChI is InChI=1S/C14H19ClN2O/c1-2-9-14(13(16)18,10-3-4-10)17-12-7-5-11(15)6-8-12/h5-8,10,17H,2-4,9H2,1H3,(H2,16,18). The lowest BCUT2D eigenvalue weighted by atomic mass is 9.87. The van der Waals surface area contributed by atoms with Gasteiger partial charge in [-0.1, -0.05) is 24.9 Å². The third kappa shape index (κ3) is 2.61. The molecule has 1 amide bonds. The molecular weight excluding hydrogens is 248 g/mol. The molecule has 1 fully saturated rings. The molecule has 3 N–H and O–H groups in total. The van der Waals surface area contributed by atoms with Gasteiger partial charge in [0.25, 0.3) is 0 Å². The monoisotopic (exact) mass is 266 g/mol. The first-order chi connectivity index (χ1) is 8.58. The van der Waals surface area contributed by atoms with Crippen LogP contribution in [-0.4, -0.2) is 11.4 Å². The van der Waals surface area contributed by atoms with Crippen LogP contribution in [0.1, 0.15) is 32.6 Å². The lowest BCUT2D eigenvalue weighted by Crippen LogP contribution is -2.52. The normalized spacial score (nSPS) is 18.1. The Labute approximate surface area is 113 Å². The smallest absolute Gasteiger partial charge is 0.243 e. The molecule has 1 unspecified atom stereocenters. The van der Waals surface area contributed by atoms with Crippen LogP contribution in [-0.2, 0) is 4.79 Å². The van der Waals surface area contributed by atoms with Gasteiger partial charge in [0.1, 0.15) is 5.54 Å².